The van der Waals surface area contributed by atoms with Crippen molar-refractivity contribution in [1.29, 1.82) is 0 Å². The van der Waals surface area contributed by atoms with Crippen LogP contribution in [0.4, 0.5) is 4.79 Å². The van der Waals surface area contributed by atoms with Gasteiger partial charge in [0.15, 0.2) is 0 Å². The first-order valence-corrected chi connectivity index (χ1v) is 16.5. The predicted octanol–water partition coefficient (Wildman–Crippen LogP) is 6.24. The minimum atomic E-state index is -3.72. The molecule has 0 saturated carbocycles. The molecule has 0 atom stereocenters. The van der Waals surface area contributed by atoms with E-state index in [2.05, 4.69) is 33.9 Å². The molecule has 0 aliphatic carbocycles. The Balaban J connectivity index is 1.83. The van der Waals surface area contributed by atoms with Gasteiger partial charge in [-0.2, -0.15) is 0 Å². The van der Waals surface area contributed by atoms with Crippen LogP contribution in [0.15, 0.2) is 52.3 Å². The summed E-state index contributed by atoms with van der Waals surface area (Å²) < 4.78 is 38.9. The van der Waals surface area contributed by atoms with Crippen LogP contribution in [0.5, 0.6) is 5.75 Å². The van der Waals surface area contributed by atoms with Crippen molar-refractivity contribution in [2.45, 2.75) is 87.9 Å². The van der Waals surface area contributed by atoms with Gasteiger partial charge < -0.3 is 14.1 Å². The molecule has 0 saturated heterocycles. The highest BCUT2D eigenvalue weighted by Crippen LogP contribution is 2.38. The van der Waals surface area contributed by atoms with E-state index < -0.39 is 23.8 Å². The minimum absolute atomic E-state index is 0.00602. The second-order valence-electron chi connectivity index (χ2n) is 11.7. The van der Waals surface area contributed by atoms with Crippen molar-refractivity contribution in [1.82, 2.24) is 4.90 Å². The number of fused-ring (bicyclic) bond motifs is 1. The lowest BCUT2D eigenvalue weighted by atomic mass is 10.0. The van der Waals surface area contributed by atoms with Crippen molar-refractivity contribution >= 4 is 24.2 Å². The quantitative estimate of drug-likeness (QED) is 0.449. The fourth-order valence-corrected chi connectivity index (χ4v) is 6.03. The second-order valence-corrected chi connectivity index (χ2v) is 18.4. The Hall–Kier alpha value is -2.32. The third-order valence-corrected chi connectivity index (χ3v) is 12.8. The van der Waals surface area contributed by atoms with Gasteiger partial charge in [-0.15, -0.1) is 0 Å². The fraction of sp³-hybridized carbons (Fsp3) is 0.519. The molecule has 8 heteroatoms. The van der Waals surface area contributed by atoms with Gasteiger partial charge in [-0.25, -0.2) is 13.2 Å². The Kier molecular flexibility index (Phi) is 7.49. The Morgan fingerprint density at radius 1 is 0.886 bits per heavy atom. The van der Waals surface area contributed by atoms with Crippen molar-refractivity contribution < 1.29 is 22.4 Å². The van der Waals surface area contributed by atoms with Gasteiger partial charge in [-0.3, -0.25) is 0 Å². The second kappa shape index (κ2) is 9.62. The third-order valence-electron chi connectivity index (χ3n) is 6.74. The molecule has 2 aromatic rings. The van der Waals surface area contributed by atoms with Gasteiger partial charge in [0.2, 0.25) is 18.2 Å². The van der Waals surface area contributed by atoms with Crippen LogP contribution >= 0.6 is 0 Å². The van der Waals surface area contributed by atoms with Crippen LogP contribution in [-0.2, 0) is 27.4 Å². The van der Waals surface area contributed by atoms with Gasteiger partial charge in [0, 0.05) is 13.1 Å². The summed E-state index contributed by atoms with van der Waals surface area (Å²) in [4.78, 5) is 14.7. The molecule has 192 valence electrons. The van der Waals surface area contributed by atoms with Crippen LogP contribution < -0.4 is 4.43 Å². The standard InChI is InChI=1S/C27H39NO5SSi/c1-26(2,3)32-25(29)28-16-14-20-12-13-24(18-21(20)15-17-28)34(30,31)23-11-9-10-22(19-23)33-35(7,8)27(4,5)6/h9-13,18-19H,14-17H2,1-8H3. The van der Waals surface area contributed by atoms with Crippen molar-refractivity contribution in [3.05, 3.63) is 53.6 Å². The summed E-state index contributed by atoms with van der Waals surface area (Å²) in [5.41, 5.74) is 1.45. The summed E-state index contributed by atoms with van der Waals surface area (Å²) in [5, 5.41) is 0.00602. The first-order chi connectivity index (χ1) is 16.0. The van der Waals surface area contributed by atoms with Crippen molar-refractivity contribution in [3.8, 4) is 5.75 Å². The normalized spacial score (nSPS) is 15.3. The highest BCUT2D eigenvalue weighted by molar-refractivity contribution is 7.91. The summed E-state index contributed by atoms with van der Waals surface area (Å²) in [6.07, 6.45) is 0.897. The number of ether oxygens (including phenoxy) is 1. The zero-order valence-electron chi connectivity index (χ0n) is 22.3. The molecule has 1 aliphatic rings. The maximum atomic E-state index is 13.5. The molecule has 0 N–H and O–H groups in total. The van der Waals surface area contributed by atoms with Gasteiger partial charge in [0.1, 0.15) is 11.4 Å². The Labute approximate surface area is 211 Å². The van der Waals surface area contributed by atoms with E-state index in [0.717, 1.165) is 11.1 Å². The van der Waals surface area contributed by atoms with E-state index >= 15 is 0 Å². The lowest BCUT2D eigenvalue weighted by Crippen LogP contribution is -2.43. The van der Waals surface area contributed by atoms with E-state index in [1.165, 1.54) is 0 Å². The van der Waals surface area contributed by atoms with Crippen LogP contribution in [0.3, 0.4) is 0 Å². The lowest BCUT2D eigenvalue weighted by molar-refractivity contribution is 0.0258. The van der Waals surface area contributed by atoms with Gasteiger partial charge >= 0.3 is 6.09 Å². The number of benzene rings is 2. The predicted molar refractivity (Wildman–Crippen MR) is 141 cm³/mol. The topological polar surface area (TPSA) is 72.9 Å². The molecule has 35 heavy (non-hydrogen) atoms. The Bertz CT molecular complexity index is 1190. The molecule has 0 unspecified atom stereocenters. The molecule has 0 aromatic heterocycles. The summed E-state index contributed by atoms with van der Waals surface area (Å²) in [7, 11) is -5.82. The number of hydrogen-bond acceptors (Lipinski definition) is 5. The molecule has 1 heterocycles. The molecule has 3 rings (SSSR count). The monoisotopic (exact) mass is 517 g/mol. The molecule has 0 radical (unpaired) electrons. The number of hydrogen-bond donors (Lipinski definition) is 0. The molecule has 1 aliphatic heterocycles. The third kappa shape index (κ3) is 6.47. The van der Waals surface area contributed by atoms with E-state index in [4.69, 9.17) is 9.16 Å². The molecule has 6 nitrogen and oxygen atoms in total. The smallest absolute Gasteiger partial charge is 0.410 e. The van der Waals surface area contributed by atoms with E-state index in [1.807, 2.05) is 32.9 Å². The Morgan fingerprint density at radius 2 is 1.49 bits per heavy atom. The summed E-state index contributed by atoms with van der Waals surface area (Å²) >= 11 is 0. The molecule has 1 amide bonds. The lowest BCUT2D eigenvalue weighted by Gasteiger charge is -2.36. The van der Waals surface area contributed by atoms with Crippen LogP contribution in [0.25, 0.3) is 0 Å². The molecule has 0 spiro atoms. The summed E-state index contributed by atoms with van der Waals surface area (Å²) in [5.74, 6) is 0.584. The van der Waals surface area contributed by atoms with E-state index in [1.54, 1.807) is 35.2 Å². The van der Waals surface area contributed by atoms with E-state index in [-0.39, 0.29) is 20.9 Å². The number of carbonyl (C=O) groups excluding carboxylic acids is 1. The molecule has 0 bridgehead atoms. The maximum Gasteiger partial charge on any atom is 0.410 e. The van der Waals surface area contributed by atoms with Gasteiger partial charge in [0.05, 0.1) is 9.79 Å². The van der Waals surface area contributed by atoms with Crippen LogP contribution in [0.1, 0.15) is 52.7 Å². The van der Waals surface area contributed by atoms with Crippen molar-refractivity contribution in [2.75, 3.05) is 13.1 Å². The zero-order chi connectivity index (χ0) is 26.2. The van der Waals surface area contributed by atoms with Crippen LogP contribution in [0, 0.1) is 0 Å². The zero-order valence-corrected chi connectivity index (χ0v) is 24.1. The van der Waals surface area contributed by atoms with Gasteiger partial charge in [-0.1, -0.05) is 32.9 Å². The minimum Gasteiger partial charge on any atom is -0.543 e. The van der Waals surface area contributed by atoms with Crippen LogP contribution in [0.2, 0.25) is 18.1 Å². The average Bonchev–Trinajstić information content (AvgIpc) is 2.94. The molecule has 0 fully saturated rings. The molecular formula is C27H39NO5SSi. The van der Waals surface area contributed by atoms with E-state index in [9.17, 15) is 13.2 Å². The Morgan fingerprint density at radius 3 is 2.09 bits per heavy atom. The van der Waals surface area contributed by atoms with E-state index in [0.29, 0.717) is 31.7 Å². The highest BCUT2D eigenvalue weighted by atomic mass is 32.2. The number of nitrogens with zero attached hydrogens (tertiary/aromatic N) is 1. The number of rotatable bonds is 4. The number of amides is 1. The molecular weight excluding hydrogens is 478 g/mol. The maximum absolute atomic E-state index is 13.5. The largest absolute Gasteiger partial charge is 0.543 e. The molecule has 2 aromatic carbocycles. The van der Waals surface area contributed by atoms with Gasteiger partial charge in [-0.05, 0) is 93.2 Å². The van der Waals surface area contributed by atoms with Crippen LogP contribution in [-0.4, -0.2) is 46.4 Å². The van der Waals surface area contributed by atoms with Gasteiger partial charge in [0.25, 0.3) is 0 Å². The first kappa shape index (κ1) is 27.3. The SMILES string of the molecule is CC(C)(C)OC(=O)N1CCc2ccc(S(=O)(=O)c3cccc(O[Si](C)(C)C(C)(C)C)c3)cc2CC1. The number of carbonyl (C=O) groups is 1. The fourth-order valence-electron chi connectivity index (χ4n) is 3.67. The van der Waals surface area contributed by atoms with Crippen molar-refractivity contribution in [2.24, 2.45) is 0 Å². The first-order valence-electron chi connectivity index (χ1n) is 12.1. The highest BCUT2D eigenvalue weighted by Gasteiger charge is 2.39. The summed E-state index contributed by atoms with van der Waals surface area (Å²) in [6.45, 7) is 17.3. The summed E-state index contributed by atoms with van der Waals surface area (Å²) in [6, 6.07) is 12.1. The average molecular weight is 518 g/mol. The van der Waals surface area contributed by atoms with Crippen molar-refractivity contribution in [3.63, 3.8) is 0 Å². The number of sulfone groups is 1.